The summed E-state index contributed by atoms with van der Waals surface area (Å²) in [5.74, 6) is -1.71. The fraction of sp³-hybridized carbons (Fsp3) is 0.533. The van der Waals surface area contributed by atoms with Gasteiger partial charge in [-0.15, -0.1) is 0 Å². The predicted octanol–water partition coefficient (Wildman–Crippen LogP) is 0.944. The highest BCUT2D eigenvalue weighted by atomic mass is 16.4. The molecular weight excluding hydrogens is 288 g/mol. The maximum Gasteiger partial charge on any atom is 0.326 e. The Balaban J connectivity index is 2.28. The van der Waals surface area contributed by atoms with Gasteiger partial charge in [-0.2, -0.15) is 0 Å². The molecule has 0 fully saturated rings. The third-order valence-electron chi connectivity index (χ3n) is 3.01. The normalized spacial score (nSPS) is 12.0. The topological polar surface area (TPSA) is 109 Å². The van der Waals surface area contributed by atoms with E-state index in [4.69, 9.17) is 9.52 Å². The number of nitrogens with one attached hydrogen (secondary N) is 2. The third-order valence-corrected chi connectivity index (χ3v) is 3.01. The molecule has 122 valence electrons. The minimum atomic E-state index is -1.08. The zero-order valence-electron chi connectivity index (χ0n) is 12.8. The molecule has 1 rings (SSSR count). The van der Waals surface area contributed by atoms with E-state index in [1.165, 1.54) is 6.26 Å². The Bertz CT molecular complexity index is 496. The first-order valence-corrected chi connectivity index (χ1v) is 7.18. The number of carbonyl (C=O) groups excluding carboxylic acids is 2. The van der Waals surface area contributed by atoms with Crippen molar-refractivity contribution in [1.82, 2.24) is 10.6 Å². The van der Waals surface area contributed by atoms with Gasteiger partial charge in [0.15, 0.2) is 0 Å². The molecule has 7 nitrogen and oxygen atoms in total. The van der Waals surface area contributed by atoms with Crippen molar-refractivity contribution in [3.63, 3.8) is 0 Å². The van der Waals surface area contributed by atoms with Crippen molar-refractivity contribution in [1.29, 1.82) is 0 Å². The van der Waals surface area contributed by atoms with Crippen LogP contribution in [0.25, 0.3) is 0 Å². The summed E-state index contributed by atoms with van der Waals surface area (Å²) >= 11 is 0. The van der Waals surface area contributed by atoms with E-state index < -0.39 is 17.9 Å². The molecule has 7 heteroatoms. The summed E-state index contributed by atoms with van der Waals surface area (Å²) in [6.45, 7) is 3.52. The lowest BCUT2D eigenvalue weighted by molar-refractivity contribution is -0.142. The monoisotopic (exact) mass is 310 g/mol. The van der Waals surface area contributed by atoms with Crippen LogP contribution in [0.5, 0.6) is 0 Å². The predicted molar refractivity (Wildman–Crippen MR) is 79.1 cm³/mol. The lowest BCUT2D eigenvalue weighted by atomic mass is 10.0. The van der Waals surface area contributed by atoms with E-state index in [-0.39, 0.29) is 24.8 Å². The molecule has 1 heterocycles. The van der Waals surface area contributed by atoms with Crippen LogP contribution in [0.2, 0.25) is 0 Å². The summed E-state index contributed by atoms with van der Waals surface area (Å²) in [7, 11) is 0. The number of carboxylic acid groups (broad SMARTS) is 1. The summed E-state index contributed by atoms with van der Waals surface area (Å²) in [5, 5.41) is 13.9. The van der Waals surface area contributed by atoms with E-state index in [1.54, 1.807) is 12.3 Å². The third kappa shape index (κ3) is 6.92. The van der Waals surface area contributed by atoms with E-state index >= 15 is 0 Å². The number of hydrogen-bond donors (Lipinski definition) is 3. The number of rotatable bonds is 9. The molecule has 1 atom stereocenters. The van der Waals surface area contributed by atoms with Crippen LogP contribution >= 0.6 is 0 Å². The summed E-state index contributed by atoms with van der Waals surface area (Å²) in [4.78, 5) is 34.3. The highest BCUT2D eigenvalue weighted by Gasteiger charge is 2.21. The average Bonchev–Trinajstić information content (AvgIpc) is 2.94. The largest absolute Gasteiger partial charge is 0.480 e. The number of hydrogen-bond acceptors (Lipinski definition) is 4. The Morgan fingerprint density at radius 1 is 1.27 bits per heavy atom. The first-order chi connectivity index (χ1) is 10.4. The number of aliphatic carboxylic acids is 1. The molecule has 0 aliphatic heterocycles. The molecule has 0 unspecified atom stereocenters. The minimum Gasteiger partial charge on any atom is -0.480 e. The molecule has 0 bridgehead atoms. The van der Waals surface area contributed by atoms with Gasteiger partial charge in [0.25, 0.3) is 0 Å². The maximum absolute atomic E-state index is 11.7. The molecule has 0 aliphatic carbocycles. The lowest BCUT2D eigenvalue weighted by Crippen LogP contribution is -2.46. The van der Waals surface area contributed by atoms with Crippen LogP contribution in [-0.4, -0.2) is 35.5 Å². The molecule has 3 N–H and O–H groups in total. The van der Waals surface area contributed by atoms with Crippen molar-refractivity contribution >= 4 is 17.8 Å². The van der Waals surface area contributed by atoms with Gasteiger partial charge in [-0.3, -0.25) is 9.59 Å². The fourth-order valence-electron chi connectivity index (χ4n) is 1.90. The molecule has 0 aliphatic rings. The number of carbonyl (C=O) groups is 3. The van der Waals surface area contributed by atoms with Crippen LogP contribution in [0.1, 0.15) is 32.3 Å². The molecule has 0 saturated heterocycles. The Hall–Kier alpha value is -2.31. The van der Waals surface area contributed by atoms with Crippen molar-refractivity contribution in [2.75, 3.05) is 6.54 Å². The Morgan fingerprint density at radius 3 is 2.55 bits per heavy atom. The van der Waals surface area contributed by atoms with Gasteiger partial charge >= 0.3 is 5.97 Å². The molecule has 0 saturated carbocycles. The van der Waals surface area contributed by atoms with E-state index in [1.807, 2.05) is 13.8 Å². The van der Waals surface area contributed by atoms with E-state index in [0.29, 0.717) is 12.8 Å². The van der Waals surface area contributed by atoms with Crippen molar-refractivity contribution < 1.29 is 23.9 Å². The highest BCUT2D eigenvalue weighted by molar-refractivity contribution is 5.87. The maximum atomic E-state index is 11.7. The van der Waals surface area contributed by atoms with Crippen LogP contribution in [0, 0.1) is 5.92 Å². The quantitative estimate of drug-likeness (QED) is 0.629. The second-order valence-electron chi connectivity index (χ2n) is 5.50. The van der Waals surface area contributed by atoms with Crippen molar-refractivity contribution in [2.24, 2.45) is 5.92 Å². The van der Waals surface area contributed by atoms with E-state index in [9.17, 15) is 14.4 Å². The van der Waals surface area contributed by atoms with Crippen LogP contribution in [-0.2, 0) is 20.8 Å². The lowest BCUT2D eigenvalue weighted by Gasteiger charge is -2.16. The van der Waals surface area contributed by atoms with Crippen LogP contribution in [0.15, 0.2) is 23.0 Å². The zero-order valence-corrected chi connectivity index (χ0v) is 12.8. The standard InChI is InChI=1S/C15H22N2O5/c1-10(2)7-12(15(20)21)17-14(19)8-16-13(18)4-3-11-5-6-22-9-11/h5-6,9-10,12H,3-4,7-8H2,1-2H3,(H,16,18)(H,17,19)(H,20,21)/t12-/m0/s1. The van der Waals surface area contributed by atoms with Gasteiger partial charge < -0.3 is 20.2 Å². The number of amides is 2. The fourth-order valence-corrected chi connectivity index (χ4v) is 1.90. The summed E-state index contributed by atoms with van der Waals surface area (Å²) < 4.78 is 4.89. The molecule has 0 spiro atoms. The second kappa shape index (κ2) is 8.86. The Kier molecular flexibility index (Phi) is 7.15. The average molecular weight is 310 g/mol. The number of carboxylic acids is 1. The smallest absolute Gasteiger partial charge is 0.326 e. The van der Waals surface area contributed by atoms with Crippen molar-refractivity contribution in [2.45, 2.75) is 39.2 Å². The van der Waals surface area contributed by atoms with Gasteiger partial charge in [-0.25, -0.2) is 4.79 Å². The van der Waals surface area contributed by atoms with Gasteiger partial charge in [-0.05, 0) is 30.4 Å². The van der Waals surface area contributed by atoms with Crippen LogP contribution < -0.4 is 10.6 Å². The van der Waals surface area contributed by atoms with E-state index in [2.05, 4.69) is 10.6 Å². The summed E-state index contributed by atoms with van der Waals surface area (Å²) in [5.41, 5.74) is 0.905. The molecule has 2 amide bonds. The highest BCUT2D eigenvalue weighted by Crippen LogP contribution is 2.05. The first kappa shape index (κ1) is 17.7. The SMILES string of the molecule is CC(C)C[C@H](NC(=O)CNC(=O)CCc1ccoc1)C(=O)O. The molecule has 1 aromatic rings. The second-order valence-corrected chi connectivity index (χ2v) is 5.50. The van der Waals surface area contributed by atoms with Crippen LogP contribution in [0.3, 0.4) is 0 Å². The van der Waals surface area contributed by atoms with Gasteiger partial charge in [-0.1, -0.05) is 13.8 Å². The molecule has 22 heavy (non-hydrogen) atoms. The summed E-state index contributed by atoms with van der Waals surface area (Å²) in [6.07, 6.45) is 4.19. The zero-order chi connectivity index (χ0) is 16.5. The summed E-state index contributed by atoms with van der Waals surface area (Å²) in [6, 6.07) is 0.832. The molecule has 0 aromatic carbocycles. The van der Waals surface area contributed by atoms with Crippen LogP contribution in [0.4, 0.5) is 0 Å². The van der Waals surface area contributed by atoms with Gasteiger partial charge in [0.2, 0.25) is 11.8 Å². The van der Waals surface area contributed by atoms with Crippen molar-refractivity contribution in [3.8, 4) is 0 Å². The van der Waals surface area contributed by atoms with Gasteiger partial charge in [0.05, 0.1) is 19.1 Å². The van der Waals surface area contributed by atoms with Gasteiger partial charge in [0, 0.05) is 6.42 Å². The Labute approximate surface area is 129 Å². The molecule has 0 radical (unpaired) electrons. The minimum absolute atomic E-state index is 0.144. The molecular formula is C15H22N2O5. The number of aryl methyl sites for hydroxylation is 1. The van der Waals surface area contributed by atoms with Crippen molar-refractivity contribution in [3.05, 3.63) is 24.2 Å². The van der Waals surface area contributed by atoms with E-state index in [0.717, 1.165) is 5.56 Å². The Morgan fingerprint density at radius 2 is 2.00 bits per heavy atom. The van der Waals surface area contributed by atoms with Gasteiger partial charge in [0.1, 0.15) is 6.04 Å². The first-order valence-electron chi connectivity index (χ1n) is 7.18. The number of furan rings is 1. The molecule has 1 aromatic heterocycles.